The predicted octanol–water partition coefficient (Wildman–Crippen LogP) is 3.93. The second kappa shape index (κ2) is 8.58. The molecule has 0 radical (unpaired) electrons. The van der Waals surface area contributed by atoms with E-state index in [4.69, 9.17) is 0 Å². The molecule has 9 heteroatoms. The molecule has 1 aromatic carbocycles. The first-order valence-corrected chi connectivity index (χ1v) is 13.2. The highest BCUT2D eigenvalue weighted by molar-refractivity contribution is 7.93. The van der Waals surface area contributed by atoms with Crippen molar-refractivity contribution in [3.63, 3.8) is 0 Å². The lowest BCUT2D eigenvalue weighted by molar-refractivity contribution is 0.568. The summed E-state index contributed by atoms with van der Waals surface area (Å²) < 4.78 is 54.6. The topological polar surface area (TPSA) is 93.2 Å². The Morgan fingerprint density at radius 2 is 1.70 bits per heavy atom. The zero-order valence-electron chi connectivity index (χ0n) is 16.9. The molecule has 30 heavy (non-hydrogen) atoms. The highest BCUT2D eigenvalue weighted by atomic mass is 32.2. The van der Waals surface area contributed by atoms with Gasteiger partial charge in [0.1, 0.15) is 9.46 Å². The maximum atomic E-state index is 13.2. The van der Waals surface area contributed by atoms with Crippen molar-refractivity contribution in [2.75, 3.05) is 6.54 Å². The predicted molar refractivity (Wildman–Crippen MR) is 119 cm³/mol. The molecule has 0 saturated carbocycles. The monoisotopic (exact) mass is 464 g/mol. The molecule has 3 rings (SSSR count). The summed E-state index contributed by atoms with van der Waals surface area (Å²) in [7, 11) is -7.68. The van der Waals surface area contributed by atoms with E-state index in [1.54, 1.807) is 41.9 Å². The zero-order chi connectivity index (χ0) is 22.0. The molecule has 0 amide bonds. The first-order valence-electron chi connectivity index (χ1n) is 9.29. The standard InChI is InChI=1S/C21H24N2O4S3/c1-21(2,3)17-8-10-18(11-9-17)30(26,27)23-15-19(16-6-4-12-22-14-16)29(24,25)20-7-5-13-28-20/h4-14,19,23H,15H2,1-3H3. The van der Waals surface area contributed by atoms with E-state index in [-0.39, 0.29) is 21.1 Å². The van der Waals surface area contributed by atoms with Crippen LogP contribution < -0.4 is 4.72 Å². The Balaban J connectivity index is 1.89. The number of aromatic nitrogens is 1. The van der Waals surface area contributed by atoms with Crippen LogP contribution in [0.25, 0.3) is 0 Å². The van der Waals surface area contributed by atoms with Gasteiger partial charge in [0, 0.05) is 18.9 Å². The van der Waals surface area contributed by atoms with E-state index in [1.165, 1.54) is 24.4 Å². The molecule has 2 heterocycles. The van der Waals surface area contributed by atoms with Crippen molar-refractivity contribution < 1.29 is 16.8 Å². The van der Waals surface area contributed by atoms with Gasteiger partial charge in [0.15, 0.2) is 9.84 Å². The molecule has 0 fully saturated rings. The highest BCUT2D eigenvalue weighted by Gasteiger charge is 2.31. The van der Waals surface area contributed by atoms with Gasteiger partial charge in [0.25, 0.3) is 0 Å². The normalized spacial score (nSPS) is 13.8. The summed E-state index contributed by atoms with van der Waals surface area (Å²) in [4.78, 5) is 4.09. The van der Waals surface area contributed by atoms with Crippen molar-refractivity contribution in [2.45, 2.75) is 40.5 Å². The van der Waals surface area contributed by atoms with Crippen LogP contribution in [0.1, 0.15) is 37.1 Å². The van der Waals surface area contributed by atoms with Crippen LogP contribution in [-0.2, 0) is 25.3 Å². The number of nitrogens with zero attached hydrogens (tertiary/aromatic N) is 1. The first-order chi connectivity index (χ1) is 14.0. The maximum absolute atomic E-state index is 13.2. The van der Waals surface area contributed by atoms with E-state index >= 15 is 0 Å². The second-order valence-electron chi connectivity index (χ2n) is 7.88. The minimum absolute atomic E-state index is 0.0916. The number of benzene rings is 1. The third-order valence-electron chi connectivity index (χ3n) is 4.70. The van der Waals surface area contributed by atoms with E-state index in [2.05, 4.69) is 9.71 Å². The minimum Gasteiger partial charge on any atom is -0.264 e. The Morgan fingerprint density at radius 3 is 2.23 bits per heavy atom. The van der Waals surface area contributed by atoms with Gasteiger partial charge in [-0.1, -0.05) is 45.0 Å². The number of hydrogen-bond donors (Lipinski definition) is 1. The van der Waals surface area contributed by atoms with Crippen LogP contribution >= 0.6 is 11.3 Å². The van der Waals surface area contributed by atoms with Gasteiger partial charge in [-0.15, -0.1) is 11.3 Å². The summed E-state index contributed by atoms with van der Waals surface area (Å²) >= 11 is 1.10. The Kier molecular flexibility index (Phi) is 6.47. The van der Waals surface area contributed by atoms with Crippen molar-refractivity contribution in [3.8, 4) is 0 Å². The van der Waals surface area contributed by atoms with E-state index < -0.39 is 25.1 Å². The van der Waals surface area contributed by atoms with Crippen molar-refractivity contribution in [1.82, 2.24) is 9.71 Å². The second-order valence-corrected chi connectivity index (χ2v) is 13.0. The summed E-state index contributed by atoms with van der Waals surface area (Å²) in [5.41, 5.74) is 1.34. The number of rotatable bonds is 7. The molecule has 3 aromatic rings. The smallest absolute Gasteiger partial charge is 0.240 e. The minimum atomic E-state index is -3.89. The number of thiophene rings is 1. The SMILES string of the molecule is CC(C)(C)c1ccc(S(=O)(=O)NCC(c2cccnc2)S(=O)(=O)c2cccs2)cc1. The van der Waals surface area contributed by atoms with Crippen LogP contribution in [0.2, 0.25) is 0 Å². The average Bonchev–Trinajstić information content (AvgIpc) is 3.24. The van der Waals surface area contributed by atoms with E-state index in [0.717, 1.165) is 16.9 Å². The molecule has 2 aromatic heterocycles. The molecule has 0 spiro atoms. The van der Waals surface area contributed by atoms with Crippen LogP contribution in [0, 0.1) is 0 Å². The summed E-state index contributed by atoms with van der Waals surface area (Å²) in [6.45, 7) is 5.84. The van der Waals surface area contributed by atoms with Crippen LogP contribution in [0.5, 0.6) is 0 Å². The molecule has 0 aliphatic rings. The Bertz CT molecular complexity index is 1180. The first kappa shape index (κ1) is 22.6. The van der Waals surface area contributed by atoms with Crippen molar-refractivity contribution >= 4 is 31.2 Å². The molecule has 0 aliphatic heterocycles. The molecule has 0 bridgehead atoms. The van der Waals surface area contributed by atoms with Crippen molar-refractivity contribution in [2.24, 2.45) is 0 Å². The highest BCUT2D eigenvalue weighted by Crippen LogP contribution is 2.31. The molecule has 1 atom stereocenters. The van der Waals surface area contributed by atoms with Crippen LogP contribution in [0.15, 0.2) is 75.4 Å². The van der Waals surface area contributed by atoms with Gasteiger partial charge in [0.2, 0.25) is 10.0 Å². The third-order valence-corrected chi connectivity index (χ3v) is 9.67. The molecule has 0 aliphatic carbocycles. The van der Waals surface area contributed by atoms with Gasteiger partial charge in [-0.25, -0.2) is 21.6 Å². The van der Waals surface area contributed by atoms with E-state index in [9.17, 15) is 16.8 Å². The molecule has 160 valence electrons. The van der Waals surface area contributed by atoms with Crippen LogP contribution in [0.4, 0.5) is 0 Å². The fourth-order valence-corrected chi connectivity index (χ4v) is 6.94. The summed E-state index contributed by atoms with van der Waals surface area (Å²) in [6, 6.07) is 13.1. The summed E-state index contributed by atoms with van der Waals surface area (Å²) in [5.74, 6) is 0. The van der Waals surface area contributed by atoms with E-state index in [1.807, 2.05) is 20.8 Å². The van der Waals surface area contributed by atoms with Gasteiger partial charge >= 0.3 is 0 Å². The lowest BCUT2D eigenvalue weighted by atomic mass is 9.87. The summed E-state index contributed by atoms with van der Waals surface area (Å²) in [6.07, 6.45) is 2.99. The number of sulfonamides is 1. The molecule has 6 nitrogen and oxygen atoms in total. The maximum Gasteiger partial charge on any atom is 0.240 e. The molecular formula is C21H24N2O4S3. The largest absolute Gasteiger partial charge is 0.264 e. The number of hydrogen-bond acceptors (Lipinski definition) is 6. The number of pyridine rings is 1. The Labute approximate surface area is 182 Å². The quantitative estimate of drug-likeness (QED) is 0.572. The van der Waals surface area contributed by atoms with Crippen molar-refractivity contribution in [1.29, 1.82) is 0 Å². The van der Waals surface area contributed by atoms with Crippen LogP contribution in [-0.4, -0.2) is 28.4 Å². The average molecular weight is 465 g/mol. The fourth-order valence-electron chi connectivity index (χ4n) is 2.94. The van der Waals surface area contributed by atoms with Gasteiger partial charge in [-0.2, -0.15) is 0 Å². The fraction of sp³-hybridized carbons (Fsp3) is 0.286. The molecule has 1 unspecified atom stereocenters. The molecular weight excluding hydrogens is 440 g/mol. The zero-order valence-corrected chi connectivity index (χ0v) is 19.4. The lowest BCUT2D eigenvalue weighted by Gasteiger charge is -2.20. The van der Waals surface area contributed by atoms with Crippen LogP contribution in [0.3, 0.4) is 0 Å². The Morgan fingerprint density at radius 1 is 1.00 bits per heavy atom. The molecule has 1 N–H and O–H groups in total. The third kappa shape index (κ3) is 4.97. The van der Waals surface area contributed by atoms with E-state index in [0.29, 0.717) is 5.56 Å². The van der Waals surface area contributed by atoms with Gasteiger partial charge in [-0.05, 0) is 46.2 Å². The molecule has 0 saturated heterocycles. The van der Waals surface area contributed by atoms with Gasteiger partial charge in [-0.3, -0.25) is 4.98 Å². The Hall–Kier alpha value is -2.07. The lowest BCUT2D eigenvalue weighted by Crippen LogP contribution is -2.32. The van der Waals surface area contributed by atoms with Crippen molar-refractivity contribution in [3.05, 3.63) is 77.4 Å². The number of sulfone groups is 1. The number of nitrogens with one attached hydrogen (secondary N) is 1. The summed E-state index contributed by atoms with van der Waals surface area (Å²) in [5, 5.41) is 0.585. The van der Waals surface area contributed by atoms with Gasteiger partial charge in [0.05, 0.1) is 4.90 Å². The van der Waals surface area contributed by atoms with Gasteiger partial charge < -0.3 is 0 Å².